The molecule has 2 saturated heterocycles. The summed E-state index contributed by atoms with van der Waals surface area (Å²) in [6.45, 7) is 2.59. The van der Waals surface area contributed by atoms with Crippen LogP contribution in [-0.4, -0.2) is 56.4 Å². The van der Waals surface area contributed by atoms with Crippen molar-refractivity contribution >= 4 is 12.0 Å². The van der Waals surface area contributed by atoms with Crippen molar-refractivity contribution in [3.8, 4) is 0 Å². The third-order valence-corrected chi connectivity index (χ3v) is 3.83. The van der Waals surface area contributed by atoms with Crippen LogP contribution in [0.5, 0.6) is 0 Å². The van der Waals surface area contributed by atoms with Crippen LogP contribution in [0, 0.1) is 5.92 Å². The fourth-order valence-electron chi connectivity index (χ4n) is 2.62. The van der Waals surface area contributed by atoms with Gasteiger partial charge in [-0.1, -0.05) is 0 Å². The predicted molar refractivity (Wildman–Crippen MR) is 68.7 cm³/mol. The molecule has 1 unspecified atom stereocenters. The molecule has 0 bridgehead atoms. The van der Waals surface area contributed by atoms with Crippen LogP contribution in [-0.2, 0) is 14.3 Å². The number of methoxy groups -OCH3 is 1. The second-order valence-electron chi connectivity index (χ2n) is 5.11. The number of hydrogen-bond donors (Lipinski definition) is 1. The maximum Gasteiger partial charge on any atom is 0.409 e. The van der Waals surface area contributed by atoms with Gasteiger partial charge in [-0.15, -0.1) is 0 Å². The van der Waals surface area contributed by atoms with Crippen LogP contribution in [0.2, 0.25) is 0 Å². The van der Waals surface area contributed by atoms with Gasteiger partial charge in [0.2, 0.25) is 5.91 Å². The van der Waals surface area contributed by atoms with E-state index in [0.29, 0.717) is 32.5 Å². The van der Waals surface area contributed by atoms with E-state index in [0.717, 1.165) is 19.4 Å². The van der Waals surface area contributed by atoms with E-state index >= 15 is 0 Å². The molecule has 0 aliphatic carbocycles. The van der Waals surface area contributed by atoms with Crippen LogP contribution in [0.25, 0.3) is 0 Å². The van der Waals surface area contributed by atoms with E-state index < -0.39 is 0 Å². The topological polar surface area (TPSA) is 67.9 Å². The summed E-state index contributed by atoms with van der Waals surface area (Å²) < 4.78 is 10.1. The molecule has 1 atom stereocenters. The van der Waals surface area contributed by atoms with Gasteiger partial charge < -0.3 is 19.7 Å². The molecular formula is C13H22N2O4. The molecule has 0 saturated carbocycles. The number of carbonyl (C=O) groups excluding carboxylic acids is 2. The van der Waals surface area contributed by atoms with Crippen LogP contribution in [0.4, 0.5) is 4.79 Å². The molecule has 0 aromatic carbocycles. The zero-order valence-corrected chi connectivity index (χ0v) is 11.4. The van der Waals surface area contributed by atoms with Crippen LogP contribution in [0.3, 0.4) is 0 Å². The fraction of sp³-hybridized carbons (Fsp3) is 0.846. The Balaban J connectivity index is 1.68. The number of carbonyl (C=O) groups is 2. The molecule has 2 amide bonds. The Morgan fingerprint density at radius 3 is 2.63 bits per heavy atom. The van der Waals surface area contributed by atoms with Crippen molar-refractivity contribution < 1.29 is 19.1 Å². The third kappa shape index (κ3) is 3.83. The number of amides is 2. The predicted octanol–water partition coefficient (Wildman–Crippen LogP) is 0.760. The minimum absolute atomic E-state index is 0.00214. The van der Waals surface area contributed by atoms with Gasteiger partial charge in [0.15, 0.2) is 0 Å². The monoisotopic (exact) mass is 270 g/mol. The van der Waals surface area contributed by atoms with Gasteiger partial charge in [-0.3, -0.25) is 4.79 Å². The van der Waals surface area contributed by atoms with Crippen molar-refractivity contribution in [2.24, 2.45) is 5.92 Å². The van der Waals surface area contributed by atoms with Gasteiger partial charge in [0.1, 0.15) is 0 Å². The van der Waals surface area contributed by atoms with Crippen LogP contribution < -0.4 is 5.32 Å². The first-order valence-electron chi connectivity index (χ1n) is 6.93. The maximum absolute atomic E-state index is 12.0. The second-order valence-corrected chi connectivity index (χ2v) is 5.11. The normalized spacial score (nSPS) is 24.3. The SMILES string of the molecule is COC(=O)N1CCC(C(=O)NCC2CCCO2)CC1. The lowest BCUT2D eigenvalue weighted by Gasteiger charge is -2.30. The summed E-state index contributed by atoms with van der Waals surface area (Å²) in [5.41, 5.74) is 0. The van der Waals surface area contributed by atoms with Crippen LogP contribution in [0.1, 0.15) is 25.7 Å². The zero-order chi connectivity index (χ0) is 13.7. The highest BCUT2D eigenvalue weighted by molar-refractivity contribution is 5.79. The summed E-state index contributed by atoms with van der Waals surface area (Å²) in [7, 11) is 1.38. The number of nitrogens with one attached hydrogen (secondary N) is 1. The molecule has 108 valence electrons. The Kier molecular flexibility index (Phi) is 5.01. The maximum atomic E-state index is 12.0. The largest absolute Gasteiger partial charge is 0.453 e. The quantitative estimate of drug-likeness (QED) is 0.822. The first-order valence-corrected chi connectivity index (χ1v) is 6.93. The summed E-state index contributed by atoms with van der Waals surface area (Å²) in [6, 6.07) is 0. The fourth-order valence-corrected chi connectivity index (χ4v) is 2.62. The van der Waals surface area contributed by atoms with Gasteiger partial charge in [-0.2, -0.15) is 0 Å². The van der Waals surface area contributed by atoms with Crippen LogP contribution >= 0.6 is 0 Å². The minimum Gasteiger partial charge on any atom is -0.453 e. The molecule has 19 heavy (non-hydrogen) atoms. The number of hydrogen-bond acceptors (Lipinski definition) is 4. The second kappa shape index (κ2) is 6.75. The molecular weight excluding hydrogens is 248 g/mol. The first-order chi connectivity index (χ1) is 9.20. The zero-order valence-electron chi connectivity index (χ0n) is 11.4. The molecule has 0 spiro atoms. The van der Waals surface area contributed by atoms with E-state index in [2.05, 4.69) is 10.1 Å². The molecule has 0 radical (unpaired) electrons. The average Bonchev–Trinajstić information content (AvgIpc) is 2.97. The van der Waals surface area contributed by atoms with E-state index in [9.17, 15) is 9.59 Å². The van der Waals surface area contributed by atoms with Gasteiger partial charge in [0.05, 0.1) is 13.2 Å². The summed E-state index contributed by atoms with van der Waals surface area (Å²) in [5, 5.41) is 2.95. The molecule has 6 nitrogen and oxygen atoms in total. The van der Waals surface area contributed by atoms with Gasteiger partial charge in [-0.05, 0) is 25.7 Å². The minimum atomic E-state index is -0.307. The van der Waals surface area contributed by atoms with E-state index in [1.807, 2.05) is 0 Å². The average molecular weight is 270 g/mol. The Bertz CT molecular complexity index is 321. The molecule has 6 heteroatoms. The van der Waals surface area contributed by atoms with Crippen molar-refractivity contribution in [1.82, 2.24) is 10.2 Å². The van der Waals surface area contributed by atoms with Crippen molar-refractivity contribution in [1.29, 1.82) is 0 Å². The first kappa shape index (κ1) is 14.1. The van der Waals surface area contributed by atoms with Gasteiger partial charge in [-0.25, -0.2) is 4.79 Å². The summed E-state index contributed by atoms with van der Waals surface area (Å²) >= 11 is 0. The lowest BCUT2D eigenvalue weighted by Crippen LogP contribution is -2.44. The molecule has 0 aromatic rings. The smallest absolute Gasteiger partial charge is 0.409 e. The van der Waals surface area contributed by atoms with Crippen molar-refractivity contribution in [3.63, 3.8) is 0 Å². The van der Waals surface area contributed by atoms with Gasteiger partial charge >= 0.3 is 6.09 Å². The number of ether oxygens (including phenoxy) is 2. The molecule has 2 fully saturated rings. The van der Waals surface area contributed by atoms with E-state index in [1.165, 1.54) is 7.11 Å². The van der Waals surface area contributed by atoms with E-state index in [-0.39, 0.29) is 24.0 Å². The lowest BCUT2D eigenvalue weighted by molar-refractivity contribution is -0.126. The molecule has 2 heterocycles. The Hall–Kier alpha value is -1.30. The Labute approximate surface area is 113 Å². The highest BCUT2D eigenvalue weighted by atomic mass is 16.5. The van der Waals surface area contributed by atoms with Crippen molar-refractivity contribution in [2.75, 3.05) is 33.4 Å². The Morgan fingerprint density at radius 1 is 1.32 bits per heavy atom. The number of rotatable bonds is 3. The lowest BCUT2D eigenvalue weighted by atomic mass is 9.96. The van der Waals surface area contributed by atoms with Crippen LogP contribution in [0.15, 0.2) is 0 Å². The highest BCUT2D eigenvalue weighted by Gasteiger charge is 2.28. The van der Waals surface area contributed by atoms with Crippen molar-refractivity contribution in [2.45, 2.75) is 31.8 Å². The van der Waals surface area contributed by atoms with Crippen molar-refractivity contribution in [3.05, 3.63) is 0 Å². The standard InChI is InChI=1S/C13H22N2O4/c1-18-13(17)15-6-4-10(5-7-15)12(16)14-9-11-3-2-8-19-11/h10-11H,2-9H2,1H3,(H,14,16). The molecule has 0 aromatic heterocycles. The van der Waals surface area contributed by atoms with E-state index in [4.69, 9.17) is 4.74 Å². The summed E-state index contributed by atoms with van der Waals surface area (Å²) in [6.07, 6.45) is 3.38. The van der Waals surface area contributed by atoms with Gasteiger partial charge in [0, 0.05) is 32.2 Å². The molecule has 2 aliphatic heterocycles. The number of likely N-dealkylation sites (tertiary alicyclic amines) is 1. The third-order valence-electron chi connectivity index (χ3n) is 3.83. The molecule has 1 N–H and O–H groups in total. The summed E-state index contributed by atoms with van der Waals surface area (Å²) in [4.78, 5) is 25.0. The molecule has 2 rings (SSSR count). The van der Waals surface area contributed by atoms with Gasteiger partial charge in [0.25, 0.3) is 0 Å². The number of nitrogens with zero attached hydrogens (tertiary/aromatic N) is 1. The number of piperidine rings is 1. The molecule has 2 aliphatic rings. The summed E-state index contributed by atoms with van der Waals surface area (Å²) in [5.74, 6) is 0.0855. The van der Waals surface area contributed by atoms with E-state index in [1.54, 1.807) is 4.90 Å². The Morgan fingerprint density at radius 2 is 2.05 bits per heavy atom. The highest BCUT2D eigenvalue weighted by Crippen LogP contribution is 2.18.